The molecule has 0 aliphatic heterocycles. The van der Waals surface area contributed by atoms with E-state index in [0.29, 0.717) is 11.1 Å². The molecule has 1 atom stereocenters. The minimum atomic E-state index is -0.789. The van der Waals surface area contributed by atoms with Crippen molar-refractivity contribution in [2.75, 3.05) is 6.67 Å². The van der Waals surface area contributed by atoms with Crippen LogP contribution in [0.4, 0.5) is 9.18 Å². The first kappa shape index (κ1) is 16.4. The Morgan fingerprint density at radius 2 is 1.95 bits per heavy atom. The molecule has 0 aromatic heterocycles. The Morgan fingerprint density at radius 3 is 2.35 bits per heavy atom. The highest BCUT2D eigenvalue weighted by molar-refractivity contribution is 6.68. The van der Waals surface area contributed by atoms with Gasteiger partial charge in [0.15, 0.2) is 0 Å². The van der Waals surface area contributed by atoms with E-state index in [1.165, 1.54) is 0 Å². The third-order valence-corrected chi connectivity index (χ3v) is 2.63. The molecule has 1 rings (SSSR count). The lowest BCUT2D eigenvalue weighted by Crippen LogP contribution is -2.35. The lowest BCUT2D eigenvalue weighted by atomic mass is 10.1. The molecule has 0 bridgehead atoms. The Morgan fingerprint density at radius 1 is 1.40 bits per heavy atom. The molecule has 20 heavy (non-hydrogen) atoms. The van der Waals surface area contributed by atoms with Crippen molar-refractivity contribution < 1.29 is 13.9 Å². The minimum absolute atomic E-state index is 0.0894. The maximum atomic E-state index is 13.1. The Bertz CT molecular complexity index is 483. The minimum Gasteiger partial charge on any atom is -0.444 e. The summed E-state index contributed by atoms with van der Waals surface area (Å²) in [5.74, 6) is 0. The topological polar surface area (TPSA) is 62.2 Å². The van der Waals surface area contributed by atoms with Crippen LogP contribution >= 0.6 is 11.6 Å². The van der Waals surface area contributed by atoms with E-state index >= 15 is 0 Å². The monoisotopic (exact) mass is 300 g/mol. The highest BCUT2D eigenvalue weighted by Crippen LogP contribution is 2.17. The van der Waals surface area contributed by atoms with E-state index in [1.54, 1.807) is 45.0 Å². The summed E-state index contributed by atoms with van der Waals surface area (Å²) in [6.45, 7) is 4.45. The second-order valence-electron chi connectivity index (χ2n) is 5.29. The molecule has 110 valence electrons. The number of hydrogen-bond acceptors (Lipinski definition) is 3. The molecule has 6 heteroatoms. The molecule has 2 N–H and O–H groups in total. The summed E-state index contributed by atoms with van der Waals surface area (Å²) in [6, 6.07) is 5.65. The van der Waals surface area contributed by atoms with Gasteiger partial charge in [0.1, 0.15) is 17.4 Å². The standard InChI is InChI=1S/C14H18ClFN2O2/c1-14(2,3)20-13(19)18-11(8-16)9-4-6-10(7-5-9)12(15)17/h4-7,11,17H,8H2,1-3H3,(H,18,19). The van der Waals surface area contributed by atoms with E-state index in [2.05, 4.69) is 5.32 Å². The first-order chi connectivity index (χ1) is 9.23. The van der Waals surface area contributed by atoms with Crippen LogP contribution in [-0.4, -0.2) is 23.5 Å². The second kappa shape index (κ2) is 6.70. The van der Waals surface area contributed by atoms with Crippen LogP contribution < -0.4 is 5.32 Å². The molecular formula is C14H18ClFN2O2. The number of halogens is 2. The number of carbonyl (C=O) groups excluding carboxylic acids is 1. The van der Waals surface area contributed by atoms with Crippen molar-refractivity contribution in [3.8, 4) is 0 Å². The van der Waals surface area contributed by atoms with Gasteiger partial charge in [0.25, 0.3) is 0 Å². The molecule has 0 spiro atoms. The van der Waals surface area contributed by atoms with Crippen molar-refractivity contribution in [1.82, 2.24) is 5.32 Å². The SMILES string of the molecule is CC(C)(C)OC(=O)NC(CF)c1ccc(C(=N)Cl)cc1. The molecule has 4 nitrogen and oxygen atoms in total. The van der Waals surface area contributed by atoms with Gasteiger partial charge in [-0.1, -0.05) is 35.9 Å². The molecule has 1 amide bonds. The van der Waals surface area contributed by atoms with Crippen molar-refractivity contribution in [3.05, 3.63) is 35.4 Å². The number of hydrogen-bond donors (Lipinski definition) is 2. The number of benzene rings is 1. The van der Waals surface area contributed by atoms with Crippen LogP contribution in [0.3, 0.4) is 0 Å². The zero-order valence-corrected chi connectivity index (χ0v) is 12.4. The van der Waals surface area contributed by atoms with Crippen LogP contribution in [0.15, 0.2) is 24.3 Å². The lowest BCUT2D eigenvalue weighted by Gasteiger charge is -2.22. The van der Waals surface area contributed by atoms with E-state index in [-0.39, 0.29) is 5.17 Å². The van der Waals surface area contributed by atoms with Crippen LogP contribution in [0.25, 0.3) is 0 Å². The molecule has 0 aliphatic carbocycles. The molecule has 0 radical (unpaired) electrons. The molecule has 0 heterocycles. The average Bonchev–Trinajstić information content (AvgIpc) is 2.34. The third kappa shape index (κ3) is 5.17. The maximum absolute atomic E-state index is 13.1. The summed E-state index contributed by atoms with van der Waals surface area (Å²) < 4.78 is 18.1. The van der Waals surface area contributed by atoms with E-state index in [9.17, 15) is 9.18 Å². The quantitative estimate of drug-likeness (QED) is 0.831. The summed E-state index contributed by atoms with van der Waals surface area (Å²) >= 11 is 5.55. The molecular weight excluding hydrogens is 283 g/mol. The van der Waals surface area contributed by atoms with Crippen LogP contribution in [0.1, 0.15) is 37.9 Å². The normalized spacial score (nSPS) is 12.7. The number of carbonyl (C=O) groups is 1. The van der Waals surface area contributed by atoms with Gasteiger partial charge in [-0.15, -0.1) is 0 Å². The Balaban J connectivity index is 2.75. The maximum Gasteiger partial charge on any atom is 0.408 e. The number of nitrogens with one attached hydrogen (secondary N) is 2. The fraction of sp³-hybridized carbons (Fsp3) is 0.429. The first-order valence-corrected chi connectivity index (χ1v) is 6.50. The van der Waals surface area contributed by atoms with Gasteiger partial charge in [-0.2, -0.15) is 0 Å². The zero-order valence-electron chi connectivity index (χ0n) is 11.7. The molecule has 0 saturated heterocycles. The first-order valence-electron chi connectivity index (χ1n) is 6.13. The van der Waals surface area contributed by atoms with Gasteiger partial charge in [-0.3, -0.25) is 5.41 Å². The van der Waals surface area contributed by atoms with Crippen molar-refractivity contribution in [2.45, 2.75) is 32.4 Å². The van der Waals surface area contributed by atoms with Crippen LogP contribution in [0, 0.1) is 5.41 Å². The van der Waals surface area contributed by atoms with Gasteiger partial charge in [-0.05, 0) is 26.3 Å². The van der Waals surface area contributed by atoms with Crippen molar-refractivity contribution >= 4 is 22.9 Å². The van der Waals surface area contributed by atoms with E-state index < -0.39 is 24.4 Å². The molecule has 1 aromatic rings. The van der Waals surface area contributed by atoms with Gasteiger partial charge >= 0.3 is 6.09 Å². The Labute approximate surface area is 122 Å². The number of rotatable bonds is 4. The van der Waals surface area contributed by atoms with E-state index in [1.807, 2.05) is 0 Å². The summed E-state index contributed by atoms with van der Waals surface area (Å²) in [7, 11) is 0. The van der Waals surface area contributed by atoms with Crippen molar-refractivity contribution in [2.24, 2.45) is 0 Å². The summed E-state index contributed by atoms with van der Waals surface area (Å²) in [5, 5.41) is 9.65. The smallest absolute Gasteiger partial charge is 0.408 e. The van der Waals surface area contributed by atoms with E-state index in [4.69, 9.17) is 21.7 Å². The molecule has 0 saturated carbocycles. The van der Waals surface area contributed by atoms with Crippen molar-refractivity contribution in [3.63, 3.8) is 0 Å². The van der Waals surface area contributed by atoms with Crippen LogP contribution in [-0.2, 0) is 4.74 Å². The Kier molecular flexibility index (Phi) is 5.51. The summed E-state index contributed by atoms with van der Waals surface area (Å²) in [5.41, 5.74) is 0.480. The molecule has 0 aliphatic rings. The number of amides is 1. The number of alkyl carbamates (subject to hydrolysis) is 1. The highest BCUT2D eigenvalue weighted by Gasteiger charge is 2.20. The predicted octanol–water partition coefficient (Wildman–Crippen LogP) is 3.79. The van der Waals surface area contributed by atoms with Gasteiger partial charge in [0.05, 0.1) is 6.04 Å². The summed E-state index contributed by atoms with van der Waals surface area (Å²) in [6.07, 6.45) is -0.672. The van der Waals surface area contributed by atoms with Gasteiger partial charge in [0, 0.05) is 5.56 Å². The van der Waals surface area contributed by atoms with Gasteiger partial charge in [0.2, 0.25) is 0 Å². The summed E-state index contributed by atoms with van der Waals surface area (Å²) in [4.78, 5) is 11.6. The van der Waals surface area contributed by atoms with E-state index in [0.717, 1.165) is 0 Å². The van der Waals surface area contributed by atoms with Gasteiger partial charge < -0.3 is 10.1 Å². The van der Waals surface area contributed by atoms with Crippen molar-refractivity contribution in [1.29, 1.82) is 5.41 Å². The fourth-order valence-electron chi connectivity index (χ4n) is 1.52. The number of ether oxygens (including phenoxy) is 1. The molecule has 1 aromatic carbocycles. The highest BCUT2D eigenvalue weighted by atomic mass is 35.5. The lowest BCUT2D eigenvalue weighted by molar-refractivity contribution is 0.0495. The average molecular weight is 301 g/mol. The zero-order chi connectivity index (χ0) is 15.3. The fourth-order valence-corrected chi connectivity index (χ4v) is 1.65. The molecule has 0 fully saturated rings. The Hall–Kier alpha value is -1.62. The van der Waals surface area contributed by atoms with Crippen LogP contribution in [0.2, 0.25) is 0 Å². The van der Waals surface area contributed by atoms with Crippen LogP contribution in [0.5, 0.6) is 0 Å². The molecule has 1 unspecified atom stereocenters. The van der Waals surface area contributed by atoms with Gasteiger partial charge in [-0.25, -0.2) is 9.18 Å². The third-order valence-electron chi connectivity index (χ3n) is 2.41. The second-order valence-corrected chi connectivity index (χ2v) is 5.67. The largest absolute Gasteiger partial charge is 0.444 e. The number of alkyl halides is 1. The predicted molar refractivity (Wildman–Crippen MR) is 77.2 cm³/mol.